The zero-order valence-electron chi connectivity index (χ0n) is 59.9. The van der Waals surface area contributed by atoms with Crippen molar-refractivity contribution in [1.82, 2.24) is 39.2 Å². The fraction of sp³-hybridized carbons (Fsp3) is 0.362. The number of amides is 2. The molecule has 0 radical (unpaired) electrons. The molecule has 4 aromatic carbocycles. The molecule has 550 valence electrons. The number of halogens is 1. The van der Waals surface area contributed by atoms with E-state index in [2.05, 4.69) is 60.3 Å². The lowest BCUT2D eigenvalue weighted by Gasteiger charge is -2.26. The highest BCUT2D eigenvalue weighted by Gasteiger charge is 2.31. The number of carbonyl (C=O) groups is 4. The molecule has 4 aromatic heterocycles. The second-order valence-electron chi connectivity index (χ2n) is 24.3. The Morgan fingerprint density at radius 2 is 0.990 bits per heavy atom. The van der Waals surface area contributed by atoms with E-state index in [0.29, 0.717) is 104 Å². The number of hydrogen-bond acceptors (Lipinski definition) is 24. The van der Waals surface area contributed by atoms with Crippen LogP contribution in [0.2, 0.25) is 5.02 Å². The standard InChI is InChI=1S/C35H43N7O5.C32H38ClN7O5.2CH4O3S/c1-9-31(43)37-27-17-28(30(45-7)18-29(27)41(6)16-15-40(4)5)38-35-36-19-25(34(44)47-21(2)3)32(39-35)26-20-42(46-8)33-23(22-13-14-22)11-10-12-24(26)33;1-9-28(41)35-24-15-25(27(43-7)16-26(24)39(6)14-13-38(4)5)36-32-34-17-21(31(42)45-19(2)3)29(37-32)22-18-40(44-8)30-20(22)11-10-12-23(30)33;2*1-5(2,3)4/h9-12,17-22H,1,13-16H2,2-8H3,(H,37,43)(H,36,38,39);9-12,15-19H,1,13-14H2,2-8H3,(H,35,41)(H,34,36,37);2*1H3,(H,2,3,4). The van der Waals surface area contributed by atoms with Crippen LogP contribution >= 0.6 is 11.6 Å². The first-order valence-corrected chi connectivity index (χ1v) is 35.7. The maximum atomic E-state index is 13.4. The van der Waals surface area contributed by atoms with Crippen LogP contribution in [0.25, 0.3) is 44.3 Å². The molecule has 1 saturated carbocycles. The van der Waals surface area contributed by atoms with Crippen LogP contribution in [0, 0.1) is 0 Å². The summed E-state index contributed by atoms with van der Waals surface area (Å²) in [5.41, 5.74) is 8.69. The Morgan fingerprint density at radius 1 is 0.608 bits per heavy atom. The fourth-order valence-corrected chi connectivity index (χ4v) is 10.3. The van der Waals surface area contributed by atoms with Crippen LogP contribution in [0.3, 0.4) is 0 Å². The molecule has 30 nitrogen and oxygen atoms in total. The molecule has 0 atom stereocenters. The highest BCUT2D eigenvalue weighted by molar-refractivity contribution is 7.85. The molecule has 0 saturated heterocycles. The zero-order valence-corrected chi connectivity index (χ0v) is 62.3. The Labute approximate surface area is 599 Å². The monoisotopic (exact) mass is 1470 g/mol. The number of methoxy groups -OCH3 is 2. The number of para-hydroxylation sites is 2. The van der Waals surface area contributed by atoms with Crippen molar-refractivity contribution in [3.8, 4) is 34.0 Å². The number of fused-ring (bicyclic) bond motifs is 2. The minimum Gasteiger partial charge on any atom is -0.494 e. The van der Waals surface area contributed by atoms with E-state index in [-0.39, 0.29) is 47.0 Å². The van der Waals surface area contributed by atoms with Gasteiger partial charge in [-0.15, -0.1) is 0 Å². The lowest BCUT2D eigenvalue weighted by Crippen LogP contribution is -2.29. The molecule has 0 bridgehead atoms. The molecule has 6 N–H and O–H groups in total. The summed E-state index contributed by atoms with van der Waals surface area (Å²) in [6.45, 7) is 17.3. The van der Waals surface area contributed by atoms with Gasteiger partial charge in [-0.25, -0.2) is 29.5 Å². The minimum absolute atomic E-state index is 0.160. The van der Waals surface area contributed by atoms with Gasteiger partial charge in [-0.3, -0.25) is 18.7 Å². The quantitative estimate of drug-likeness (QED) is 0.0158. The van der Waals surface area contributed by atoms with Crippen LogP contribution in [-0.4, -0.2) is 211 Å². The molecule has 1 aliphatic rings. The van der Waals surface area contributed by atoms with Crippen LogP contribution in [-0.2, 0) is 39.3 Å². The normalized spacial score (nSPS) is 11.9. The molecule has 9 rings (SSSR count). The Bertz CT molecular complexity index is 4530. The van der Waals surface area contributed by atoms with Gasteiger partial charge < -0.3 is 69.5 Å². The van der Waals surface area contributed by atoms with Crippen molar-refractivity contribution < 1.29 is 73.7 Å². The number of carbonyl (C=O) groups excluding carboxylic acids is 4. The van der Waals surface area contributed by atoms with Gasteiger partial charge in [-0.1, -0.05) is 55.1 Å². The average molecular weight is 1470 g/mol. The van der Waals surface area contributed by atoms with E-state index in [0.717, 1.165) is 48.2 Å². The van der Waals surface area contributed by atoms with E-state index >= 15 is 0 Å². The molecule has 1 fully saturated rings. The number of ether oxygens (including phenoxy) is 4. The van der Waals surface area contributed by atoms with Gasteiger partial charge in [0.1, 0.15) is 42.4 Å². The zero-order chi connectivity index (χ0) is 75.7. The first-order valence-electron chi connectivity index (χ1n) is 31.6. The first-order chi connectivity index (χ1) is 48.0. The van der Waals surface area contributed by atoms with Crippen molar-refractivity contribution >= 4 is 123 Å². The molecular formula is C69H89ClN14O16S2. The lowest BCUT2D eigenvalue weighted by molar-refractivity contribution is -0.112. The predicted molar refractivity (Wildman–Crippen MR) is 398 cm³/mol. The minimum atomic E-state index is -3.67. The van der Waals surface area contributed by atoms with Crippen molar-refractivity contribution in [3.05, 3.63) is 132 Å². The smallest absolute Gasteiger partial charge is 0.342 e. The van der Waals surface area contributed by atoms with E-state index in [1.807, 2.05) is 94.7 Å². The topological polar surface area (TPSA) is 355 Å². The van der Waals surface area contributed by atoms with Crippen LogP contribution in [0.4, 0.5) is 46.0 Å². The SMILES string of the molecule is C=CC(=O)Nc1cc(Nc2ncc(C(=O)OC(C)C)c(-c3cn(OC)c4c(C5CC5)cccc34)n2)c(OC)cc1N(C)CCN(C)C.C=CC(=O)Nc1cc(Nc2ncc(C(=O)OC(C)C)c(-c3cn(OC)c4c(Cl)cccc34)n2)c(OC)cc1N(C)CCN(C)C.CS(=O)(=O)O.CS(=O)(=O)O. The van der Waals surface area contributed by atoms with Gasteiger partial charge >= 0.3 is 11.9 Å². The van der Waals surface area contributed by atoms with Crippen LogP contribution in [0.1, 0.15) is 72.7 Å². The number of rotatable bonds is 27. The Morgan fingerprint density at radius 3 is 1.34 bits per heavy atom. The third-order valence-electron chi connectivity index (χ3n) is 14.8. The number of nitrogens with zero attached hydrogens (tertiary/aromatic N) is 10. The van der Waals surface area contributed by atoms with Gasteiger partial charge in [0.25, 0.3) is 20.2 Å². The third kappa shape index (κ3) is 22.7. The van der Waals surface area contributed by atoms with E-state index in [4.69, 9.17) is 59.3 Å². The molecule has 4 heterocycles. The first kappa shape index (κ1) is 80.9. The summed E-state index contributed by atoms with van der Waals surface area (Å²) in [5, 5.41) is 14.3. The van der Waals surface area contributed by atoms with Crippen molar-refractivity contribution in [2.45, 2.75) is 58.7 Å². The molecule has 0 aliphatic heterocycles. The summed E-state index contributed by atoms with van der Waals surface area (Å²) >= 11 is 6.52. The number of aromatic nitrogens is 6. The van der Waals surface area contributed by atoms with E-state index in [1.165, 1.54) is 41.9 Å². The Balaban J connectivity index is 0.000000283. The van der Waals surface area contributed by atoms with Gasteiger partial charge in [-0.2, -0.15) is 26.3 Å². The van der Waals surface area contributed by atoms with Crippen molar-refractivity contribution in [1.29, 1.82) is 0 Å². The van der Waals surface area contributed by atoms with Crippen LogP contribution < -0.4 is 50.2 Å². The van der Waals surface area contributed by atoms with Gasteiger partial charge in [0.05, 0.1) is 107 Å². The number of hydrogen-bond donors (Lipinski definition) is 6. The molecule has 0 unspecified atom stereocenters. The number of likely N-dealkylation sites (N-methyl/N-ethyl adjacent to an activating group) is 4. The van der Waals surface area contributed by atoms with E-state index in [1.54, 1.807) is 78.2 Å². The second kappa shape index (κ2) is 36.0. The summed E-state index contributed by atoms with van der Waals surface area (Å²) in [6.07, 6.45) is 11.8. The molecule has 0 spiro atoms. The average Bonchev–Trinajstić information content (AvgIpc) is 1.59. The number of anilines is 8. The number of nitrogens with one attached hydrogen (secondary N) is 4. The van der Waals surface area contributed by atoms with Crippen molar-refractivity contribution in [2.75, 3.05) is 140 Å². The van der Waals surface area contributed by atoms with E-state index < -0.39 is 32.2 Å². The van der Waals surface area contributed by atoms with Crippen molar-refractivity contribution in [3.63, 3.8) is 0 Å². The third-order valence-corrected chi connectivity index (χ3v) is 15.1. The fourth-order valence-electron chi connectivity index (χ4n) is 10.1. The predicted octanol–water partition coefficient (Wildman–Crippen LogP) is 9.73. The van der Waals surface area contributed by atoms with Crippen molar-refractivity contribution in [2.24, 2.45) is 0 Å². The van der Waals surface area contributed by atoms with Gasteiger partial charge in [0, 0.05) is 86.7 Å². The summed E-state index contributed by atoms with van der Waals surface area (Å²) in [7, 11) is 10.8. The summed E-state index contributed by atoms with van der Waals surface area (Å²) < 4.78 is 77.6. The molecule has 33 heteroatoms. The second-order valence-corrected chi connectivity index (χ2v) is 27.6. The molecule has 1 aliphatic carbocycles. The van der Waals surface area contributed by atoms with Gasteiger partial charge in [-0.05, 0) is 111 Å². The highest BCUT2D eigenvalue weighted by Crippen LogP contribution is 2.46. The van der Waals surface area contributed by atoms with E-state index in [9.17, 15) is 36.0 Å². The lowest BCUT2D eigenvalue weighted by atomic mass is 10.0. The number of benzene rings is 4. The maximum Gasteiger partial charge on any atom is 0.342 e. The molecule has 2 amide bonds. The molecule has 8 aromatic rings. The largest absolute Gasteiger partial charge is 0.494 e. The van der Waals surface area contributed by atoms with Gasteiger partial charge in [0.15, 0.2) is 0 Å². The molecule has 102 heavy (non-hydrogen) atoms. The van der Waals surface area contributed by atoms with Crippen LogP contribution in [0.15, 0.2) is 111 Å². The summed E-state index contributed by atoms with van der Waals surface area (Å²) in [5.74, 6) is 0.00513. The summed E-state index contributed by atoms with van der Waals surface area (Å²) in [4.78, 5) is 89.5. The van der Waals surface area contributed by atoms with Gasteiger partial charge in [0.2, 0.25) is 23.7 Å². The maximum absolute atomic E-state index is 13.4. The molecular weight excluding hydrogens is 1380 g/mol. The summed E-state index contributed by atoms with van der Waals surface area (Å²) in [6, 6.07) is 18.7. The number of esters is 2. The highest BCUT2D eigenvalue weighted by atomic mass is 35.5. The van der Waals surface area contributed by atoms with Crippen LogP contribution in [0.5, 0.6) is 11.5 Å². The Hall–Kier alpha value is -10.1. The Kier molecular flexibility index (Phi) is 28.5.